The fraction of sp³-hybridized carbons (Fsp3) is 0.478. The van der Waals surface area contributed by atoms with Gasteiger partial charge in [-0.15, -0.1) is 0 Å². The fourth-order valence-electron chi connectivity index (χ4n) is 3.68. The lowest BCUT2D eigenvalue weighted by molar-refractivity contribution is -0.151. The Balaban J connectivity index is 1.55. The van der Waals surface area contributed by atoms with Crippen LogP contribution in [-0.2, 0) is 36.8 Å². The summed E-state index contributed by atoms with van der Waals surface area (Å²) in [4.78, 5) is 49.8. The van der Waals surface area contributed by atoms with E-state index in [1.165, 1.54) is 23.8 Å². The number of carbonyl (C=O) groups excluding carboxylic acids is 3. The molecule has 1 fully saturated rings. The van der Waals surface area contributed by atoms with Crippen LogP contribution in [0.5, 0.6) is 0 Å². The van der Waals surface area contributed by atoms with Crippen molar-refractivity contribution in [2.24, 2.45) is 0 Å². The van der Waals surface area contributed by atoms with Gasteiger partial charge < -0.3 is 25.2 Å². The van der Waals surface area contributed by atoms with Gasteiger partial charge in [-0.2, -0.15) is 0 Å². The highest BCUT2D eigenvalue weighted by molar-refractivity contribution is 8.00. The van der Waals surface area contributed by atoms with Crippen molar-refractivity contribution >= 4 is 35.6 Å². The van der Waals surface area contributed by atoms with Gasteiger partial charge >= 0.3 is 12.1 Å². The summed E-state index contributed by atoms with van der Waals surface area (Å²) in [5.41, 5.74) is 0.840. The molecule has 1 aromatic rings. The van der Waals surface area contributed by atoms with Crippen LogP contribution in [0.2, 0.25) is 0 Å². The summed E-state index contributed by atoms with van der Waals surface area (Å²) < 4.78 is 10.5. The van der Waals surface area contributed by atoms with E-state index in [-0.39, 0.29) is 24.6 Å². The van der Waals surface area contributed by atoms with Gasteiger partial charge in [0.05, 0.1) is 6.42 Å². The average molecular weight is 492 g/mol. The number of alkyl carbamates (subject to hydrolysis) is 1. The van der Waals surface area contributed by atoms with Crippen molar-refractivity contribution in [2.45, 2.75) is 63.1 Å². The largest absolute Gasteiger partial charge is 0.477 e. The number of ether oxygens (including phenoxy) is 2. The van der Waals surface area contributed by atoms with Gasteiger partial charge in [-0.05, 0) is 44.4 Å². The normalized spacial score (nSPS) is 22.0. The number of amides is 3. The number of hydrogen-bond acceptors (Lipinski definition) is 7. The molecule has 0 radical (unpaired) electrons. The van der Waals surface area contributed by atoms with E-state index < -0.39 is 40.4 Å². The predicted molar refractivity (Wildman–Crippen MR) is 125 cm³/mol. The first-order valence-corrected chi connectivity index (χ1v) is 11.6. The first-order valence-electron chi connectivity index (χ1n) is 10.7. The predicted octanol–water partition coefficient (Wildman–Crippen LogP) is 1.98. The fourth-order valence-corrected chi connectivity index (χ4v) is 5.03. The van der Waals surface area contributed by atoms with Crippen molar-refractivity contribution in [3.05, 3.63) is 46.7 Å². The number of benzene rings is 1. The van der Waals surface area contributed by atoms with Crippen LogP contribution in [0.4, 0.5) is 4.79 Å². The molecule has 0 aromatic heterocycles. The summed E-state index contributed by atoms with van der Waals surface area (Å²) in [6.07, 6.45) is -0.461. The molecule has 1 aromatic carbocycles. The lowest BCUT2D eigenvalue weighted by Crippen LogP contribution is -2.71. The number of carbonyl (C=O) groups is 4. The monoisotopic (exact) mass is 491 g/mol. The highest BCUT2D eigenvalue weighted by atomic mass is 32.2. The molecule has 0 saturated carbocycles. The lowest BCUT2D eigenvalue weighted by Gasteiger charge is -2.50. The molecule has 10 nitrogen and oxygen atoms in total. The molecule has 11 heteroatoms. The SMILES string of the molecule is CO[C@H]1S[C@H]2[C@@H](NC(=O)Cc3ccc(CNC(=O)OC(C)(C)C)cc3)C(=O)N2C(C(=O)O)=C1C. The second-order valence-corrected chi connectivity index (χ2v) is 10.2. The standard InChI is InChI=1S/C23H29N3O7S/c1-12-17(20(29)30)26-18(28)16(19(26)34-21(12)32-5)25-15(27)10-13-6-8-14(9-7-13)11-24-22(31)33-23(2,3)4/h6-9,16,19,21H,10-11H2,1-5H3,(H,24,31)(H,25,27)(H,29,30)/t16-,19-,21-/m0/s1. The molecule has 2 aliphatic rings. The minimum Gasteiger partial charge on any atom is -0.477 e. The number of aliphatic carboxylic acids is 1. The third kappa shape index (κ3) is 5.71. The van der Waals surface area contributed by atoms with Crippen LogP contribution in [-0.4, -0.2) is 63.4 Å². The topological polar surface area (TPSA) is 134 Å². The molecule has 0 bridgehead atoms. The number of hydrogen-bond donors (Lipinski definition) is 3. The maximum atomic E-state index is 12.6. The van der Waals surface area contributed by atoms with Crippen LogP contribution < -0.4 is 10.6 Å². The van der Waals surface area contributed by atoms with Crippen molar-refractivity contribution in [1.29, 1.82) is 0 Å². The summed E-state index contributed by atoms with van der Waals surface area (Å²) in [7, 11) is 1.47. The summed E-state index contributed by atoms with van der Waals surface area (Å²) in [5.74, 6) is -2.01. The number of β-lactam (4-membered cyclic amide) rings is 1. The van der Waals surface area contributed by atoms with Crippen molar-refractivity contribution in [3.8, 4) is 0 Å². The average Bonchev–Trinajstić information content (AvgIpc) is 2.75. The minimum absolute atomic E-state index is 0.0509. The number of carboxylic acid groups (broad SMARTS) is 1. The van der Waals surface area contributed by atoms with Gasteiger partial charge in [-0.1, -0.05) is 36.0 Å². The van der Waals surface area contributed by atoms with Crippen LogP contribution in [0, 0.1) is 0 Å². The molecule has 184 valence electrons. The van der Waals surface area contributed by atoms with Crippen molar-refractivity contribution < 1.29 is 33.8 Å². The van der Waals surface area contributed by atoms with E-state index in [0.717, 1.165) is 11.1 Å². The first kappa shape index (κ1) is 25.6. The van der Waals surface area contributed by atoms with E-state index in [0.29, 0.717) is 5.57 Å². The van der Waals surface area contributed by atoms with Crippen LogP contribution >= 0.6 is 11.8 Å². The molecule has 0 aliphatic carbocycles. The van der Waals surface area contributed by atoms with Gasteiger partial charge in [0.2, 0.25) is 5.91 Å². The Morgan fingerprint density at radius 3 is 2.32 bits per heavy atom. The van der Waals surface area contributed by atoms with Crippen LogP contribution in [0.1, 0.15) is 38.8 Å². The lowest BCUT2D eigenvalue weighted by atomic mass is 10.0. The number of methoxy groups -OCH3 is 1. The molecular formula is C23H29N3O7S. The van der Waals surface area contributed by atoms with Gasteiger partial charge in [-0.3, -0.25) is 14.5 Å². The van der Waals surface area contributed by atoms with E-state index in [9.17, 15) is 24.3 Å². The van der Waals surface area contributed by atoms with Gasteiger partial charge in [0, 0.05) is 13.7 Å². The Kier molecular flexibility index (Phi) is 7.57. The molecular weight excluding hydrogens is 462 g/mol. The zero-order chi connectivity index (χ0) is 25.2. The third-order valence-electron chi connectivity index (χ3n) is 5.23. The van der Waals surface area contributed by atoms with Crippen LogP contribution in [0.15, 0.2) is 35.5 Å². The highest BCUT2D eigenvalue weighted by Gasteiger charge is 2.55. The molecule has 34 heavy (non-hydrogen) atoms. The summed E-state index contributed by atoms with van der Waals surface area (Å²) in [6.45, 7) is 7.26. The van der Waals surface area contributed by atoms with Crippen molar-refractivity contribution in [3.63, 3.8) is 0 Å². The minimum atomic E-state index is -1.20. The molecule has 3 atom stereocenters. The van der Waals surface area contributed by atoms with Crippen LogP contribution in [0.25, 0.3) is 0 Å². The Hall–Kier alpha value is -3.05. The van der Waals surface area contributed by atoms with Gasteiger partial charge in [-0.25, -0.2) is 9.59 Å². The molecule has 3 N–H and O–H groups in total. The Morgan fingerprint density at radius 2 is 1.76 bits per heavy atom. The Morgan fingerprint density at radius 1 is 1.15 bits per heavy atom. The van der Waals surface area contributed by atoms with E-state index in [1.807, 2.05) is 0 Å². The molecule has 3 rings (SSSR count). The first-order chi connectivity index (χ1) is 15.9. The maximum absolute atomic E-state index is 12.6. The Labute approximate surface area is 202 Å². The Bertz CT molecular complexity index is 1020. The molecule has 1 saturated heterocycles. The highest BCUT2D eigenvalue weighted by Crippen LogP contribution is 2.44. The zero-order valence-corrected chi connectivity index (χ0v) is 20.5. The quantitative estimate of drug-likeness (QED) is 0.493. The smallest absolute Gasteiger partial charge is 0.407 e. The molecule has 0 unspecified atom stereocenters. The number of fused-ring (bicyclic) bond motifs is 1. The van der Waals surface area contributed by atoms with Crippen molar-refractivity contribution in [1.82, 2.24) is 15.5 Å². The van der Waals surface area contributed by atoms with E-state index in [1.54, 1.807) is 52.0 Å². The summed E-state index contributed by atoms with van der Waals surface area (Å²) in [6, 6.07) is 6.30. The van der Waals surface area contributed by atoms with Crippen LogP contribution in [0.3, 0.4) is 0 Å². The van der Waals surface area contributed by atoms with Gasteiger partial charge in [0.15, 0.2) is 0 Å². The maximum Gasteiger partial charge on any atom is 0.407 e. The van der Waals surface area contributed by atoms with Gasteiger partial charge in [0.1, 0.15) is 28.1 Å². The summed E-state index contributed by atoms with van der Waals surface area (Å²) in [5, 5.41) is 14.4. The van der Waals surface area contributed by atoms with Gasteiger partial charge in [0.25, 0.3) is 5.91 Å². The third-order valence-corrected chi connectivity index (χ3v) is 6.79. The number of thioether (sulfide) groups is 1. The van der Waals surface area contributed by atoms with E-state index in [4.69, 9.17) is 9.47 Å². The van der Waals surface area contributed by atoms with E-state index in [2.05, 4.69) is 10.6 Å². The number of carboxylic acids is 1. The molecule has 0 spiro atoms. The second kappa shape index (κ2) is 10.1. The number of nitrogens with one attached hydrogen (secondary N) is 2. The number of rotatable bonds is 7. The molecule has 3 amide bonds. The number of nitrogens with zero attached hydrogens (tertiary/aromatic N) is 1. The van der Waals surface area contributed by atoms with Crippen molar-refractivity contribution in [2.75, 3.05) is 7.11 Å². The second-order valence-electron chi connectivity index (χ2n) is 9.03. The molecule has 2 heterocycles. The zero-order valence-electron chi connectivity index (χ0n) is 19.7. The van der Waals surface area contributed by atoms with E-state index >= 15 is 0 Å². The molecule has 2 aliphatic heterocycles. The summed E-state index contributed by atoms with van der Waals surface area (Å²) >= 11 is 1.29.